The zero-order chi connectivity index (χ0) is 16.5. The number of benzene rings is 1. The van der Waals surface area contributed by atoms with Crippen molar-refractivity contribution >= 4 is 29.5 Å². The summed E-state index contributed by atoms with van der Waals surface area (Å²) in [5, 5.41) is 0. The molecule has 2 atom stereocenters. The van der Waals surface area contributed by atoms with E-state index in [2.05, 4.69) is 30.4 Å². The van der Waals surface area contributed by atoms with Crippen molar-refractivity contribution in [2.24, 2.45) is 0 Å². The van der Waals surface area contributed by atoms with Crippen molar-refractivity contribution in [1.82, 2.24) is 0 Å². The lowest BCUT2D eigenvalue weighted by Crippen LogP contribution is -2.24. The summed E-state index contributed by atoms with van der Waals surface area (Å²) < 4.78 is 11.7. The maximum atomic E-state index is 12.1. The molecule has 0 spiro atoms. The molecule has 1 aliphatic rings. The summed E-state index contributed by atoms with van der Waals surface area (Å²) in [5.74, 6) is 2.21. The van der Waals surface area contributed by atoms with Crippen molar-refractivity contribution in [3.05, 3.63) is 35.9 Å². The van der Waals surface area contributed by atoms with Gasteiger partial charge < -0.3 is 9.47 Å². The van der Waals surface area contributed by atoms with Gasteiger partial charge in [-0.05, 0) is 42.8 Å². The van der Waals surface area contributed by atoms with Crippen LogP contribution in [0.4, 0.5) is 0 Å². The summed E-state index contributed by atoms with van der Waals surface area (Å²) in [6.45, 7) is 2.12. The molecule has 1 unspecified atom stereocenters. The average Bonchev–Trinajstić information content (AvgIpc) is 2.63. The highest BCUT2D eigenvalue weighted by Gasteiger charge is 2.26. The van der Waals surface area contributed by atoms with Crippen LogP contribution in [-0.4, -0.2) is 35.3 Å². The van der Waals surface area contributed by atoms with Crippen LogP contribution >= 0.6 is 23.5 Å². The molecular formula is C18H26O3S2. The van der Waals surface area contributed by atoms with Crippen LogP contribution in [0.5, 0.6) is 0 Å². The van der Waals surface area contributed by atoms with Gasteiger partial charge in [-0.3, -0.25) is 0 Å². The number of hydrogen-bond acceptors (Lipinski definition) is 5. The molecule has 0 N–H and O–H groups in total. The molecule has 1 fully saturated rings. The molecule has 0 bridgehead atoms. The molecule has 23 heavy (non-hydrogen) atoms. The zero-order valence-electron chi connectivity index (χ0n) is 13.9. The third-order valence-electron chi connectivity index (χ3n) is 3.92. The fourth-order valence-electron chi connectivity index (χ4n) is 2.59. The fourth-order valence-corrected chi connectivity index (χ4v) is 5.49. The van der Waals surface area contributed by atoms with Crippen LogP contribution in [0.15, 0.2) is 30.3 Å². The summed E-state index contributed by atoms with van der Waals surface area (Å²) >= 11 is 4.12. The van der Waals surface area contributed by atoms with Crippen LogP contribution in [0.2, 0.25) is 0 Å². The Labute approximate surface area is 147 Å². The van der Waals surface area contributed by atoms with Crippen molar-refractivity contribution in [3.63, 3.8) is 0 Å². The molecule has 5 heteroatoms. The van der Waals surface area contributed by atoms with E-state index in [0.717, 1.165) is 24.8 Å². The second-order valence-electron chi connectivity index (χ2n) is 5.58. The van der Waals surface area contributed by atoms with E-state index in [1.807, 2.05) is 30.3 Å². The van der Waals surface area contributed by atoms with Crippen molar-refractivity contribution in [2.45, 2.75) is 49.4 Å². The minimum atomic E-state index is -0.627. The van der Waals surface area contributed by atoms with E-state index in [9.17, 15) is 4.79 Å². The second-order valence-corrected chi connectivity index (χ2v) is 8.50. The number of carbonyl (C=O) groups is 1. The molecule has 0 amide bonds. The largest absolute Gasteiger partial charge is 0.467 e. The number of rotatable bonds is 8. The number of esters is 1. The molecule has 1 aliphatic heterocycles. The lowest BCUT2D eigenvalue weighted by molar-refractivity contribution is -0.159. The van der Waals surface area contributed by atoms with Gasteiger partial charge in [-0.15, -0.1) is 23.5 Å². The Morgan fingerprint density at radius 2 is 1.96 bits per heavy atom. The Balaban J connectivity index is 1.94. The third-order valence-corrected chi connectivity index (χ3v) is 7.00. The van der Waals surface area contributed by atoms with Crippen molar-refractivity contribution in [3.8, 4) is 0 Å². The van der Waals surface area contributed by atoms with Crippen LogP contribution in [0.1, 0.15) is 44.3 Å². The molecule has 128 valence electrons. The zero-order valence-corrected chi connectivity index (χ0v) is 15.5. The van der Waals surface area contributed by atoms with Gasteiger partial charge in [0.1, 0.15) is 0 Å². The second kappa shape index (κ2) is 10.3. The third kappa shape index (κ3) is 6.05. The Morgan fingerprint density at radius 1 is 1.26 bits per heavy atom. The monoisotopic (exact) mass is 354 g/mol. The molecule has 0 aliphatic carbocycles. The van der Waals surface area contributed by atoms with Crippen LogP contribution in [0.3, 0.4) is 0 Å². The van der Waals surface area contributed by atoms with Crippen molar-refractivity contribution in [1.29, 1.82) is 0 Å². The molecule has 1 saturated heterocycles. The first kappa shape index (κ1) is 18.7. The minimum Gasteiger partial charge on any atom is -0.467 e. The predicted molar refractivity (Wildman–Crippen MR) is 98.9 cm³/mol. The van der Waals surface area contributed by atoms with E-state index >= 15 is 0 Å². The first-order chi connectivity index (χ1) is 11.2. The Hall–Kier alpha value is -0.650. The van der Waals surface area contributed by atoms with E-state index in [-0.39, 0.29) is 12.1 Å². The van der Waals surface area contributed by atoms with Crippen molar-refractivity contribution < 1.29 is 14.3 Å². The molecule has 0 aromatic heterocycles. The Morgan fingerprint density at radius 3 is 2.57 bits per heavy atom. The van der Waals surface area contributed by atoms with E-state index in [4.69, 9.17) is 9.47 Å². The molecule has 1 heterocycles. The minimum absolute atomic E-state index is 0.0856. The number of thioether (sulfide) groups is 2. The molecule has 1 aromatic carbocycles. The highest BCUT2D eigenvalue weighted by molar-refractivity contribution is 8.17. The lowest BCUT2D eigenvalue weighted by Gasteiger charge is -2.26. The summed E-state index contributed by atoms with van der Waals surface area (Å²) in [6, 6.07) is 9.62. The van der Waals surface area contributed by atoms with Crippen LogP contribution in [0.25, 0.3) is 0 Å². The van der Waals surface area contributed by atoms with E-state index in [0.29, 0.717) is 4.58 Å². The van der Waals surface area contributed by atoms with E-state index in [1.165, 1.54) is 25.0 Å². The molecular weight excluding hydrogens is 328 g/mol. The van der Waals surface area contributed by atoms with E-state index < -0.39 is 6.10 Å². The quantitative estimate of drug-likeness (QED) is 0.634. The number of hydrogen-bond donors (Lipinski definition) is 0. The number of methoxy groups -OCH3 is 1. The Bertz CT molecular complexity index is 461. The van der Waals surface area contributed by atoms with Gasteiger partial charge in [0, 0.05) is 0 Å². The maximum absolute atomic E-state index is 12.1. The van der Waals surface area contributed by atoms with Gasteiger partial charge in [0.2, 0.25) is 0 Å². The summed E-state index contributed by atoms with van der Waals surface area (Å²) in [7, 11) is 1.41. The SMILES string of the molecule is CC[C@@H](CCC1SCCCS1)OC(C(=O)OC)c1ccccc1. The summed E-state index contributed by atoms with van der Waals surface area (Å²) in [5.41, 5.74) is 0.860. The molecule has 2 rings (SSSR count). The van der Waals surface area contributed by atoms with E-state index in [1.54, 1.807) is 0 Å². The normalized spacial score (nSPS) is 18.3. The number of carbonyl (C=O) groups excluding carboxylic acids is 1. The predicted octanol–water partition coefficient (Wildman–Crippen LogP) is 4.67. The summed E-state index contributed by atoms with van der Waals surface area (Å²) in [4.78, 5) is 12.1. The van der Waals surface area contributed by atoms with Gasteiger partial charge in [0.05, 0.1) is 17.8 Å². The van der Waals surface area contributed by atoms with Gasteiger partial charge >= 0.3 is 5.97 Å². The summed E-state index contributed by atoms with van der Waals surface area (Å²) in [6.07, 6.45) is 3.80. The van der Waals surface area contributed by atoms with Gasteiger partial charge in [-0.2, -0.15) is 0 Å². The van der Waals surface area contributed by atoms with Gasteiger partial charge in [-0.25, -0.2) is 4.79 Å². The molecule has 0 radical (unpaired) electrons. The Kier molecular flexibility index (Phi) is 8.34. The lowest BCUT2D eigenvalue weighted by atomic mass is 10.1. The van der Waals surface area contributed by atoms with Crippen LogP contribution in [-0.2, 0) is 14.3 Å². The van der Waals surface area contributed by atoms with Gasteiger partial charge in [-0.1, -0.05) is 37.3 Å². The highest BCUT2D eigenvalue weighted by atomic mass is 32.2. The smallest absolute Gasteiger partial charge is 0.339 e. The highest BCUT2D eigenvalue weighted by Crippen LogP contribution is 2.35. The van der Waals surface area contributed by atoms with Gasteiger partial charge in [0.25, 0.3) is 0 Å². The maximum Gasteiger partial charge on any atom is 0.339 e. The first-order valence-electron chi connectivity index (χ1n) is 8.26. The van der Waals surface area contributed by atoms with Crippen LogP contribution < -0.4 is 0 Å². The van der Waals surface area contributed by atoms with Crippen LogP contribution in [0, 0.1) is 0 Å². The molecule has 0 saturated carbocycles. The average molecular weight is 355 g/mol. The first-order valence-corrected chi connectivity index (χ1v) is 10.4. The topological polar surface area (TPSA) is 35.5 Å². The number of ether oxygens (including phenoxy) is 2. The molecule has 3 nitrogen and oxygen atoms in total. The van der Waals surface area contributed by atoms with Crippen molar-refractivity contribution in [2.75, 3.05) is 18.6 Å². The van der Waals surface area contributed by atoms with Gasteiger partial charge in [0.15, 0.2) is 6.10 Å². The fraction of sp³-hybridized carbons (Fsp3) is 0.611. The molecule has 1 aromatic rings. The standard InChI is InChI=1S/C18H26O3S2/c1-3-15(10-11-16-22-12-7-13-23-16)21-17(18(19)20-2)14-8-5-4-6-9-14/h4-6,8-9,15-17H,3,7,10-13H2,1-2H3/t15-,17?/m0/s1.